The Morgan fingerprint density at radius 3 is 2.72 bits per heavy atom. The molecule has 0 atom stereocenters. The van der Waals surface area contributed by atoms with Crippen molar-refractivity contribution in [3.05, 3.63) is 17.0 Å². The second-order valence-electron chi connectivity index (χ2n) is 5.07. The number of hydrogen-bond donors (Lipinski definition) is 1. The number of aromatic nitrogens is 2. The van der Waals surface area contributed by atoms with Crippen LogP contribution in [0.1, 0.15) is 29.8 Å². The normalized spacial score (nSPS) is 14.9. The lowest BCUT2D eigenvalue weighted by atomic mass is 10.2. The van der Waals surface area contributed by atoms with Gasteiger partial charge in [-0.3, -0.25) is 9.48 Å². The molecule has 0 radical (unpaired) electrons. The van der Waals surface area contributed by atoms with E-state index in [-0.39, 0.29) is 5.91 Å². The zero-order valence-corrected chi connectivity index (χ0v) is 11.7. The predicted molar refractivity (Wildman–Crippen MR) is 70.3 cm³/mol. The highest BCUT2D eigenvalue weighted by atomic mass is 16.2. The van der Waals surface area contributed by atoms with Crippen LogP contribution in [-0.4, -0.2) is 40.7 Å². The van der Waals surface area contributed by atoms with Gasteiger partial charge in [0.15, 0.2) is 0 Å². The van der Waals surface area contributed by atoms with Gasteiger partial charge in [-0.2, -0.15) is 5.10 Å². The predicted octanol–water partition coefficient (Wildman–Crippen LogP) is 0.840. The van der Waals surface area contributed by atoms with Gasteiger partial charge in [0.25, 0.3) is 0 Å². The molecular formula is C13H22N4O. The van der Waals surface area contributed by atoms with E-state index in [2.05, 4.69) is 10.4 Å². The SMILES string of the molecule is CNCc1c(C)nn(CC(=O)N(C)C2CC2)c1C. The van der Waals surface area contributed by atoms with Gasteiger partial charge >= 0.3 is 0 Å². The van der Waals surface area contributed by atoms with Gasteiger partial charge in [-0.15, -0.1) is 0 Å². The van der Waals surface area contributed by atoms with Crippen molar-refractivity contribution >= 4 is 5.91 Å². The zero-order valence-electron chi connectivity index (χ0n) is 11.7. The van der Waals surface area contributed by atoms with Gasteiger partial charge < -0.3 is 10.2 Å². The minimum absolute atomic E-state index is 0.152. The Kier molecular flexibility index (Phi) is 3.71. The number of carbonyl (C=O) groups excluding carboxylic acids is 1. The Hall–Kier alpha value is -1.36. The van der Waals surface area contributed by atoms with E-state index in [1.165, 1.54) is 5.56 Å². The van der Waals surface area contributed by atoms with Gasteiger partial charge in [0.1, 0.15) is 6.54 Å². The van der Waals surface area contributed by atoms with Crippen molar-refractivity contribution in [2.75, 3.05) is 14.1 Å². The van der Waals surface area contributed by atoms with Crippen LogP contribution in [0.5, 0.6) is 0 Å². The van der Waals surface area contributed by atoms with Crippen molar-refractivity contribution in [2.24, 2.45) is 0 Å². The summed E-state index contributed by atoms with van der Waals surface area (Å²) in [6.07, 6.45) is 2.29. The molecule has 18 heavy (non-hydrogen) atoms. The maximum atomic E-state index is 12.1. The summed E-state index contributed by atoms with van der Waals surface area (Å²) in [5.41, 5.74) is 3.28. The Balaban J connectivity index is 2.09. The molecule has 1 aromatic heterocycles. The molecular weight excluding hydrogens is 228 g/mol. The fourth-order valence-electron chi connectivity index (χ4n) is 2.23. The van der Waals surface area contributed by atoms with Crippen LogP contribution in [0.3, 0.4) is 0 Å². The second-order valence-corrected chi connectivity index (χ2v) is 5.07. The van der Waals surface area contributed by atoms with Gasteiger partial charge in [0.2, 0.25) is 5.91 Å². The number of aryl methyl sites for hydroxylation is 1. The largest absolute Gasteiger partial charge is 0.341 e. The summed E-state index contributed by atoms with van der Waals surface area (Å²) in [5, 5.41) is 7.59. The number of rotatable bonds is 5. The van der Waals surface area contributed by atoms with Crippen molar-refractivity contribution in [1.82, 2.24) is 20.0 Å². The molecule has 1 saturated carbocycles. The van der Waals surface area contributed by atoms with E-state index in [0.717, 1.165) is 30.8 Å². The molecule has 1 fully saturated rings. The van der Waals surface area contributed by atoms with E-state index in [4.69, 9.17) is 0 Å². The maximum Gasteiger partial charge on any atom is 0.244 e. The van der Waals surface area contributed by atoms with Crippen LogP contribution in [0.4, 0.5) is 0 Å². The van der Waals surface area contributed by atoms with Gasteiger partial charge in [-0.1, -0.05) is 0 Å². The molecule has 1 amide bonds. The third-order valence-corrected chi connectivity index (χ3v) is 3.66. The van der Waals surface area contributed by atoms with E-state index >= 15 is 0 Å². The number of amides is 1. The molecule has 1 aromatic rings. The molecule has 100 valence electrons. The average molecular weight is 250 g/mol. The molecule has 0 spiro atoms. The fourth-order valence-corrected chi connectivity index (χ4v) is 2.23. The van der Waals surface area contributed by atoms with E-state index in [9.17, 15) is 4.79 Å². The van der Waals surface area contributed by atoms with Crippen LogP contribution in [0.2, 0.25) is 0 Å². The molecule has 0 aromatic carbocycles. The second kappa shape index (κ2) is 5.10. The third kappa shape index (κ3) is 2.56. The molecule has 5 nitrogen and oxygen atoms in total. The minimum Gasteiger partial charge on any atom is -0.341 e. The quantitative estimate of drug-likeness (QED) is 0.842. The van der Waals surface area contributed by atoms with E-state index in [0.29, 0.717) is 12.6 Å². The fraction of sp³-hybridized carbons (Fsp3) is 0.692. The van der Waals surface area contributed by atoms with Gasteiger partial charge in [0, 0.05) is 30.9 Å². The Morgan fingerprint density at radius 2 is 2.17 bits per heavy atom. The summed E-state index contributed by atoms with van der Waals surface area (Å²) in [7, 11) is 3.81. The highest BCUT2D eigenvalue weighted by Gasteiger charge is 2.29. The van der Waals surface area contributed by atoms with Crippen LogP contribution < -0.4 is 5.32 Å². The first-order valence-corrected chi connectivity index (χ1v) is 6.47. The molecule has 1 aliphatic rings. The molecule has 0 saturated heterocycles. The maximum absolute atomic E-state index is 12.1. The summed E-state index contributed by atoms with van der Waals surface area (Å²) in [6, 6.07) is 0.464. The van der Waals surface area contributed by atoms with Crippen molar-refractivity contribution in [1.29, 1.82) is 0 Å². The molecule has 0 bridgehead atoms. The topological polar surface area (TPSA) is 50.2 Å². The van der Waals surface area contributed by atoms with E-state index < -0.39 is 0 Å². The molecule has 5 heteroatoms. The molecule has 1 aliphatic carbocycles. The number of nitrogens with zero attached hydrogens (tertiary/aromatic N) is 3. The standard InChI is InChI=1S/C13H22N4O/c1-9-12(7-14-3)10(2)17(15-9)8-13(18)16(4)11-5-6-11/h11,14H,5-8H2,1-4H3. The zero-order chi connectivity index (χ0) is 13.3. The van der Waals surface area contributed by atoms with E-state index in [1.807, 2.05) is 37.5 Å². The van der Waals surface area contributed by atoms with Crippen molar-refractivity contribution < 1.29 is 4.79 Å². The number of hydrogen-bond acceptors (Lipinski definition) is 3. The molecule has 2 rings (SSSR count). The first-order chi connectivity index (χ1) is 8.54. The minimum atomic E-state index is 0.152. The molecule has 0 aliphatic heterocycles. The highest BCUT2D eigenvalue weighted by Crippen LogP contribution is 2.25. The average Bonchev–Trinajstić information content (AvgIpc) is 3.13. The van der Waals surface area contributed by atoms with Crippen molar-refractivity contribution in [3.63, 3.8) is 0 Å². The Labute approximate surface area is 108 Å². The van der Waals surface area contributed by atoms with Crippen LogP contribution in [0.15, 0.2) is 0 Å². The number of carbonyl (C=O) groups is 1. The van der Waals surface area contributed by atoms with Gasteiger partial charge in [0.05, 0.1) is 5.69 Å². The smallest absolute Gasteiger partial charge is 0.244 e. The lowest BCUT2D eigenvalue weighted by Gasteiger charge is -2.16. The lowest BCUT2D eigenvalue weighted by Crippen LogP contribution is -2.32. The van der Waals surface area contributed by atoms with Gasteiger partial charge in [-0.05, 0) is 33.7 Å². The molecule has 0 unspecified atom stereocenters. The number of likely N-dealkylation sites (N-methyl/N-ethyl adjacent to an activating group) is 1. The van der Waals surface area contributed by atoms with Crippen molar-refractivity contribution in [3.8, 4) is 0 Å². The van der Waals surface area contributed by atoms with Crippen molar-refractivity contribution in [2.45, 2.75) is 45.8 Å². The highest BCUT2D eigenvalue weighted by molar-refractivity contribution is 5.76. The third-order valence-electron chi connectivity index (χ3n) is 3.66. The Bertz CT molecular complexity index is 448. The Morgan fingerprint density at radius 1 is 1.50 bits per heavy atom. The summed E-state index contributed by atoms with van der Waals surface area (Å²) in [6.45, 7) is 5.16. The first-order valence-electron chi connectivity index (χ1n) is 6.47. The van der Waals surface area contributed by atoms with Crippen LogP contribution >= 0.6 is 0 Å². The summed E-state index contributed by atoms with van der Waals surface area (Å²) in [4.78, 5) is 13.9. The summed E-state index contributed by atoms with van der Waals surface area (Å²) in [5.74, 6) is 0.152. The van der Waals surface area contributed by atoms with Gasteiger partial charge in [-0.25, -0.2) is 0 Å². The number of nitrogens with one attached hydrogen (secondary N) is 1. The lowest BCUT2D eigenvalue weighted by molar-refractivity contribution is -0.131. The van der Waals surface area contributed by atoms with Crippen LogP contribution in [0, 0.1) is 13.8 Å². The van der Waals surface area contributed by atoms with E-state index in [1.54, 1.807) is 0 Å². The molecule has 1 N–H and O–H groups in total. The summed E-state index contributed by atoms with van der Waals surface area (Å²) >= 11 is 0. The molecule has 1 heterocycles. The first kappa shape index (κ1) is 13.1. The van der Waals surface area contributed by atoms with Crippen LogP contribution in [-0.2, 0) is 17.9 Å². The monoisotopic (exact) mass is 250 g/mol. The summed E-state index contributed by atoms with van der Waals surface area (Å²) < 4.78 is 1.82. The van der Waals surface area contributed by atoms with Crippen LogP contribution in [0.25, 0.3) is 0 Å².